The smallest absolute Gasteiger partial charge is 0.259 e. The van der Waals surface area contributed by atoms with Crippen LogP contribution in [0.1, 0.15) is 57.4 Å². The summed E-state index contributed by atoms with van der Waals surface area (Å²) in [5.74, 6) is 0.588. The number of hydrogen-bond donors (Lipinski definition) is 1. The Labute approximate surface area is 185 Å². The molecule has 1 aliphatic rings. The molecule has 4 rings (SSSR count). The van der Waals surface area contributed by atoms with Crippen LogP contribution in [-0.2, 0) is 12.8 Å². The molecular weight excluding hydrogens is 412 g/mol. The van der Waals surface area contributed by atoms with Gasteiger partial charge in [0.05, 0.1) is 17.9 Å². The van der Waals surface area contributed by atoms with Crippen LogP contribution < -0.4 is 10.1 Å². The van der Waals surface area contributed by atoms with Gasteiger partial charge in [-0.25, -0.2) is 4.99 Å². The lowest BCUT2D eigenvalue weighted by molar-refractivity contribution is 0.102. The quantitative estimate of drug-likeness (QED) is 0.340. The van der Waals surface area contributed by atoms with Gasteiger partial charge in [-0.05, 0) is 74.2 Å². The van der Waals surface area contributed by atoms with Crippen LogP contribution in [0.3, 0.4) is 0 Å². The van der Waals surface area contributed by atoms with Crippen molar-refractivity contribution in [1.29, 1.82) is 0 Å². The molecule has 1 aromatic carbocycles. The molecule has 2 aromatic heterocycles. The van der Waals surface area contributed by atoms with Gasteiger partial charge in [0.1, 0.15) is 10.8 Å². The van der Waals surface area contributed by atoms with E-state index in [0.717, 1.165) is 34.7 Å². The highest BCUT2D eigenvalue weighted by Gasteiger charge is 2.25. The lowest BCUT2D eigenvalue weighted by Gasteiger charge is -2.12. The van der Waals surface area contributed by atoms with Crippen molar-refractivity contribution >= 4 is 45.5 Å². The summed E-state index contributed by atoms with van der Waals surface area (Å²) >= 11 is 3.34. The van der Waals surface area contributed by atoms with E-state index in [2.05, 4.69) is 23.7 Å². The number of rotatable bonds is 6. The fourth-order valence-electron chi connectivity index (χ4n) is 3.72. The second-order valence-corrected chi connectivity index (χ2v) is 9.39. The number of benzene rings is 1. The van der Waals surface area contributed by atoms with E-state index in [1.54, 1.807) is 22.7 Å². The van der Waals surface area contributed by atoms with Crippen molar-refractivity contribution in [3.05, 3.63) is 62.2 Å². The van der Waals surface area contributed by atoms with Crippen molar-refractivity contribution in [2.75, 3.05) is 11.9 Å². The van der Waals surface area contributed by atoms with Crippen molar-refractivity contribution < 1.29 is 9.53 Å². The molecule has 0 bridgehead atoms. The van der Waals surface area contributed by atoms with E-state index in [-0.39, 0.29) is 5.91 Å². The SMILES string of the molecule is CCOc1ccccc1NC(=O)c1c(/N=C\c2sccc2C)sc2c1CCCCC2. The van der Waals surface area contributed by atoms with Crippen LogP contribution in [0.5, 0.6) is 5.75 Å². The molecule has 0 saturated heterocycles. The van der Waals surface area contributed by atoms with Gasteiger partial charge in [-0.1, -0.05) is 18.6 Å². The third kappa shape index (κ3) is 4.50. The number of amides is 1. The summed E-state index contributed by atoms with van der Waals surface area (Å²) in [5, 5.41) is 5.96. The Morgan fingerprint density at radius 2 is 2.03 bits per heavy atom. The Bertz CT molecular complexity index is 1070. The largest absolute Gasteiger partial charge is 0.492 e. The highest BCUT2D eigenvalue weighted by atomic mass is 32.1. The number of aliphatic imine (C=N–C) groups is 1. The normalized spacial score (nSPS) is 13.8. The van der Waals surface area contributed by atoms with Gasteiger partial charge in [-0.2, -0.15) is 0 Å². The van der Waals surface area contributed by atoms with E-state index in [9.17, 15) is 4.79 Å². The summed E-state index contributed by atoms with van der Waals surface area (Å²) in [4.78, 5) is 20.7. The lowest BCUT2D eigenvalue weighted by Crippen LogP contribution is -2.14. The Balaban J connectivity index is 1.70. The average Bonchev–Trinajstić information content (AvgIpc) is 3.23. The number of aryl methyl sites for hydroxylation is 2. The Hall–Kier alpha value is -2.44. The molecule has 2 heterocycles. The zero-order chi connectivity index (χ0) is 20.9. The Morgan fingerprint density at radius 3 is 2.83 bits per heavy atom. The maximum absolute atomic E-state index is 13.4. The average molecular weight is 439 g/mol. The van der Waals surface area contributed by atoms with Gasteiger partial charge >= 0.3 is 0 Å². The lowest BCUT2D eigenvalue weighted by atomic mass is 10.0. The Morgan fingerprint density at radius 1 is 1.20 bits per heavy atom. The molecule has 1 amide bonds. The second kappa shape index (κ2) is 9.58. The zero-order valence-corrected chi connectivity index (χ0v) is 19.0. The number of thiophene rings is 2. The van der Waals surface area contributed by atoms with Crippen molar-refractivity contribution in [3.8, 4) is 5.75 Å². The van der Waals surface area contributed by atoms with Crippen LogP contribution in [-0.4, -0.2) is 18.7 Å². The van der Waals surface area contributed by atoms with Crippen LogP contribution in [0.25, 0.3) is 0 Å². The summed E-state index contributed by atoms with van der Waals surface area (Å²) in [5.41, 5.74) is 3.81. The number of nitrogens with one attached hydrogen (secondary N) is 1. The summed E-state index contributed by atoms with van der Waals surface area (Å²) in [6.45, 7) is 4.58. The topological polar surface area (TPSA) is 50.7 Å². The van der Waals surface area contributed by atoms with Gasteiger partial charge in [0.15, 0.2) is 0 Å². The monoisotopic (exact) mass is 438 g/mol. The van der Waals surface area contributed by atoms with Gasteiger partial charge in [0.2, 0.25) is 0 Å². The van der Waals surface area contributed by atoms with Crippen molar-refractivity contribution in [1.82, 2.24) is 0 Å². The number of fused-ring (bicyclic) bond motifs is 1. The highest BCUT2D eigenvalue weighted by molar-refractivity contribution is 7.16. The molecule has 30 heavy (non-hydrogen) atoms. The minimum Gasteiger partial charge on any atom is -0.492 e. The second-order valence-electron chi connectivity index (χ2n) is 7.35. The molecular formula is C24H26N2O2S2. The summed E-state index contributed by atoms with van der Waals surface area (Å²) < 4.78 is 5.69. The molecule has 1 N–H and O–H groups in total. The number of carbonyl (C=O) groups is 1. The molecule has 0 atom stereocenters. The van der Waals surface area contributed by atoms with E-state index in [1.807, 2.05) is 37.4 Å². The van der Waals surface area contributed by atoms with Gasteiger partial charge < -0.3 is 10.1 Å². The fraction of sp³-hybridized carbons (Fsp3) is 0.333. The van der Waals surface area contributed by atoms with Gasteiger partial charge in [0.25, 0.3) is 5.91 Å². The number of carbonyl (C=O) groups excluding carboxylic acids is 1. The predicted octanol–water partition coefficient (Wildman–Crippen LogP) is 6.79. The molecule has 0 unspecified atom stereocenters. The molecule has 0 spiro atoms. The Kier molecular flexibility index (Phi) is 6.65. The van der Waals surface area contributed by atoms with Crippen LogP contribution in [0, 0.1) is 6.92 Å². The predicted molar refractivity (Wildman–Crippen MR) is 127 cm³/mol. The maximum atomic E-state index is 13.4. The molecule has 1 aliphatic carbocycles. The third-order valence-electron chi connectivity index (χ3n) is 5.27. The molecule has 0 aliphatic heterocycles. The van der Waals surface area contributed by atoms with E-state index < -0.39 is 0 Å². The first kappa shape index (κ1) is 20.8. The van der Waals surface area contributed by atoms with Crippen molar-refractivity contribution in [2.24, 2.45) is 4.99 Å². The summed E-state index contributed by atoms with van der Waals surface area (Å²) in [6, 6.07) is 9.67. The first-order chi connectivity index (χ1) is 14.7. The van der Waals surface area contributed by atoms with Crippen molar-refractivity contribution in [2.45, 2.75) is 46.0 Å². The molecule has 0 saturated carbocycles. The summed E-state index contributed by atoms with van der Waals surface area (Å²) in [6.07, 6.45) is 7.37. The number of nitrogens with zero attached hydrogens (tertiary/aromatic N) is 1. The van der Waals surface area contributed by atoms with E-state index >= 15 is 0 Å². The molecule has 3 aromatic rings. The van der Waals surface area contributed by atoms with Crippen LogP contribution in [0.4, 0.5) is 10.7 Å². The number of para-hydroxylation sites is 2. The first-order valence-electron chi connectivity index (χ1n) is 10.4. The van der Waals surface area contributed by atoms with Crippen LogP contribution >= 0.6 is 22.7 Å². The van der Waals surface area contributed by atoms with E-state index in [4.69, 9.17) is 9.73 Å². The van der Waals surface area contributed by atoms with Crippen LogP contribution in [0.15, 0.2) is 40.7 Å². The molecule has 6 heteroatoms. The molecule has 0 fully saturated rings. The van der Waals surface area contributed by atoms with Crippen molar-refractivity contribution in [3.63, 3.8) is 0 Å². The maximum Gasteiger partial charge on any atom is 0.259 e. The van der Waals surface area contributed by atoms with Gasteiger partial charge in [-0.15, -0.1) is 22.7 Å². The van der Waals surface area contributed by atoms with Gasteiger partial charge in [0, 0.05) is 16.0 Å². The van der Waals surface area contributed by atoms with E-state index in [0.29, 0.717) is 18.0 Å². The minimum absolute atomic E-state index is 0.100. The third-order valence-corrected chi connectivity index (χ3v) is 7.42. The number of ether oxygens (including phenoxy) is 1. The fourth-order valence-corrected chi connectivity index (χ4v) is 5.74. The number of hydrogen-bond acceptors (Lipinski definition) is 5. The standard InChI is InChI=1S/C24H26N2O2S2/c1-3-28-19-11-8-7-10-18(19)26-23(27)22-17-9-5-4-6-12-20(17)30-24(22)25-15-21-16(2)13-14-29-21/h7-8,10-11,13-15H,3-6,9,12H2,1-2H3,(H,26,27)/b25-15-. The van der Waals surface area contributed by atoms with E-state index in [1.165, 1.54) is 28.8 Å². The first-order valence-corrected chi connectivity index (χ1v) is 12.1. The van der Waals surface area contributed by atoms with Crippen LogP contribution in [0.2, 0.25) is 0 Å². The highest BCUT2D eigenvalue weighted by Crippen LogP contribution is 2.40. The zero-order valence-electron chi connectivity index (χ0n) is 17.4. The number of anilines is 1. The molecule has 4 nitrogen and oxygen atoms in total. The van der Waals surface area contributed by atoms with Gasteiger partial charge in [-0.3, -0.25) is 4.79 Å². The minimum atomic E-state index is -0.100. The molecule has 156 valence electrons. The molecule has 0 radical (unpaired) electrons. The summed E-state index contributed by atoms with van der Waals surface area (Å²) in [7, 11) is 0.